The molecule has 0 spiro atoms. The van der Waals surface area contributed by atoms with E-state index < -0.39 is 5.91 Å². The molecule has 2 aromatic carbocycles. The molecule has 1 aliphatic heterocycles. The topological polar surface area (TPSA) is 76.7 Å². The summed E-state index contributed by atoms with van der Waals surface area (Å²) in [5.41, 5.74) is 5.32. The third kappa shape index (κ3) is 3.80. The van der Waals surface area contributed by atoms with Gasteiger partial charge in [-0.15, -0.1) is 0 Å². The molecule has 2 heterocycles. The summed E-state index contributed by atoms with van der Waals surface area (Å²) >= 11 is 0. The van der Waals surface area contributed by atoms with Crippen LogP contribution in [0.4, 0.5) is 0 Å². The van der Waals surface area contributed by atoms with Gasteiger partial charge in [-0.25, -0.2) is 10.4 Å². The molecule has 3 aromatic rings. The summed E-state index contributed by atoms with van der Waals surface area (Å²) in [6.07, 6.45) is 2.81. The van der Waals surface area contributed by atoms with Crippen molar-refractivity contribution in [3.63, 3.8) is 0 Å². The lowest BCUT2D eigenvalue weighted by Crippen LogP contribution is -2.22. The van der Waals surface area contributed by atoms with Crippen molar-refractivity contribution in [1.29, 1.82) is 0 Å². The Morgan fingerprint density at radius 2 is 1.70 bits per heavy atom. The molecule has 6 nitrogen and oxygen atoms in total. The van der Waals surface area contributed by atoms with Gasteiger partial charge in [0.25, 0.3) is 5.91 Å². The monoisotopic (exact) mass is 361 g/mol. The molecule has 1 saturated heterocycles. The van der Waals surface area contributed by atoms with Gasteiger partial charge in [0, 0.05) is 17.7 Å². The van der Waals surface area contributed by atoms with Crippen molar-refractivity contribution >= 4 is 11.6 Å². The van der Waals surface area contributed by atoms with Crippen molar-refractivity contribution in [1.82, 2.24) is 10.4 Å². The normalized spacial score (nSPS) is 16.1. The molecule has 136 valence electrons. The van der Waals surface area contributed by atoms with Gasteiger partial charge < -0.3 is 9.15 Å². The first-order valence-electron chi connectivity index (χ1n) is 8.87. The molecule has 0 bridgehead atoms. The molecule has 1 atom stereocenters. The van der Waals surface area contributed by atoms with Crippen molar-refractivity contribution in [3.8, 4) is 0 Å². The summed E-state index contributed by atoms with van der Waals surface area (Å²) in [4.78, 5) is 16.7. The number of aromatic nitrogens is 1. The van der Waals surface area contributed by atoms with Crippen molar-refractivity contribution in [2.45, 2.75) is 18.9 Å². The van der Waals surface area contributed by atoms with E-state index in [0.717, 1.165) is 24.0 Å². The number of nitrogens with one attached hydrogen (secondary N) is 1. The number of oxazole rings is 1. The standard InChI is InChI=1S/C21H19N3O3/c25-21(19-20(27-14-22-19)17-12-7-13-26-17)24-23-18(15-8-3-1-4-9-15)16-10-5-2-6-11-16/h1-6,8-11,14,17H,7,12-13H2,(H,24,25). The Labute approximate surface area is 156 Å². The number of benzene rings is 2. The van der Waals surface area contributed by atoms with Gasteiger partial charge in [-0.3, -0.25) is 4.79 Å². The number of hydrogen-bond donors (Lipinski definition) is 1. The number of carbonyl (C=O) groups is 1. The van der Waals surface area contributed by atoms with Gasteiger partial charge in [0.05, 0.1) is 5.71 Å². The van der Waals surface area contributed by atoms with Crippen LogP contribution in [-0.4, -0.2) is 23.2 Å². The molecule has 1 aromatic heterocycles. The Bertz CT molecular complexity index is 888. The zero-order valence-electron chi connectivity index (χ0n) is 14.7. The van der Waals surface area contributed by atoms with Crippen molar-refractivity contribution in [2.24, 2.45) is 5.10 Å². The molecule has 1 fully saturated rings. The van der Waals surface area contributed by atoms with E-state index in [1.165, 1.54) is 6.39 Å². The Morgan fingerprint density at radius 3 is 2.30 bits per heavy atom. The summed E-state index contributed by atoms with van der Waals surface area (Å²) in [5, 5.41) is 4.38. The average molecular weight is 361 g/mol. The van der Waals surface area contributed by atoms with Gasteiger partial charge in [0.15, 0.2) is 17.8 Å². The van der Waals surface area contributed by atoms with E-state index in [0.29, 0.717) is 18.1 Å². The lowest BCUT2D eigenvalue weighted by molar-refractivity contribution is 0.0862. The van der Waals surface area contributed by atoms with Crippen LogP contribution in [0, 0.1) is 0 Å². The maximum Gasteiger partial charge on any atom is 0.293 e. The Kier molecular flexibility index (Phi) is 5.07. The molecule has 0 aliphatic carbocycles. The van der Waals surface area contributed by atoms with Crippen LogP contribution in [0.1, 0.15) is 46.3 Å². The molecule has 1 aliphatic rings. The van der Waals surface area contributed by atoms with Crippen LogP contribution in [0.2, 0.25) is 0 Å². The van der Waals surface area contributed by atoms with Crippen LogP contribution >= 0.6 is 0 Å². The second-order valence-corrected chi connectivity index (χ2v) is 6.20. The van der Waals surface area contributed by atoms with Gasteiger partial charge in [0.1, 0.15) is 6.10 Å². The van der Waals surface area contributed by atoms with E-state index >= 15 is 0 Å². The summed E-state index contributed by atoms with van der Waals surface area (Å²) in [6.45, 7) is 0.663. The predicted molar refractivity (Wildman–Crippen MR) is 100 cm³/mol. The van der Waals surface area contributed by atoms with Crippen molar-refractivity contribution < 1.29 is 13.9 Å². The smallest absolute Gasteiger partial charge is 0.293 e. The minimum absolute atomic E-state index is 0.214. The summed E-state index contributed by atoms with van der Waals surface area (Å²) in [7, 11) is 0. The van der Waals surface area contributed by atoms with Crippen molar-refractivity contribution in [2.75, 3.05) is 6.61 Å². The predicted octanol–water partition coefficient (Wildman–Crippen LogP) is 3.71. The minimum atomic E-state index is -0.418. The lowest BCUT2D eigenvalue weighted by atomic mass is 10.0. The van der Waals surface area contributed by atoms with Gasteiger partial charge in [-0.05, 0) is 12.8 Å². The fourth-order valence-corrected chi connectivity index (χ4v) is 3.09. The fourth-order valence-electron chi connectivity index (χ4n) is 3.09. The number of rotatable bonds is 5. The van der Waals surface area contributed by atoms with E-state index in [4.69, 9.17) is 9.15 Å². The van der Waals surface area contributed by atoms with Crippen LogP contribution in [0.25, 0.3) is 0 Å². The third-order valence-electron chi connectivity index (χ3n) is 4.40. The zero-order chi connectivity index (χ0) is 18.5. The third-order valence-corrected chi connectivity index (χ3v) is 4.40. The number of ether oxygens (including phenoxy) is 1. The molecule has 27 heavy (non-hydrogen) atoms. The molecule has 6 heteroatoms. The number of nitrogens with zero attached hydrogens (tertiary/aromatic N) is 2. The molecule has 1 N–H and O–H groups in total. The molecule has 0 radical (unpaired) electrons. The number of hydrazone groups is 1. The molecule has 1 unspecified atom stereocenters. The Balaban J connectivity index is 1.61. The Morgan fingerprint density at radius 1 is 1.04 bits per heavy atom. The first-order chi connectivity index (χ1) is 13.3. The molecular formula is C21H19N3O3. The lowest BCUT2D eigenvalue weighted by Gasteiger charge is -2.09. The van der Waals surface area contributed by atoms with Crippen LogP contribution < -0.4 is 5.43 Å². The first kappa shape index (κ1) is 17.2. The summed E-state index contributed by atoms with van der Waals surface area (Å²) in [6, 6.07) is 19.4. The van der Waals surface area contributed by atoms with Crippen LogP contribution in [-0.2, 0) is 4.74 Å². The number of hydrogen-bond acceptors (Lipinski definition) is 5. The Hall–Kier alpha value is -3.25. The van der Waals surface area contributed by atoms with Crippen LogP contribution in [0.15, 0.2) is 76.6 Å². The number of carbonyl (C=O) groups excluding carboxylic acids is 1. The van der Waals surface area contributed by atoms with E-state index in [-0.39, 0.29) is 11.8 Å². The van der Waals surface area contributed by atoms with E-state index in [1.54, 1.807) is 0 Å². The largest absolute Gasteiger partial charge is 0.445 e. The van der Waals surface area contributed by atoms with E-state index in [1.807, 2.05) is 60.7 Å². The molecule has 1 amide bonds. The second-order valence-electron chi connectivity index (χ2n) is 6.20. The molecular weight excluding hydrogens is 342 g/mol. The second kappa shape index (κ2) is 7.97. The van der Waals surface area contributed by atoms with Gasteiger partial charge in [0.2, 0.25) is 0 Å². The minimum Gasteiger partial charge on any atom is -0.445 e. The first-order valence-corrected chi connectivity index (χ1v) is 8.87. The maximum atomic E-state index is 12.7. The van der Waals surface area contributed by atoms with Gasteiger partial charge >= 0.3 is 0 Å². The van der Waals surface area contributed by atoms with E-state index in [9.17, 15) is 4.79 Å². The van der Waals surface area contributed by atoms with Crippen LogP contribution in [0.5, 0.6) is 0 Å². The van der Waals surface area contributed by atoms with Crippen LogP contribution in [0.3, 0.4) is 0 Å². The summed E-state index contributed by atoms with van der Waals surface area (Å²) in [5.74, 6) is 0.0415. The van der Waals surface area contributed by atoms with Crippen molar-refractivity contribution in [3.05, 3.63) is 89.6 Å². The number of amides is 1. The highest BCUT2D eigenvalue weighted by atomic mass is 16.5. The zero-order valence-corrected chi connectivity index (χ0v) is 14.7. The SMILES string of the molecule is O=C(NN=C(c1ccccc1)c1ccccc1)c1ncoc1C1CCCO1. The van der Waals surface area contributed by atoms with Gasteiger partial charge in [-0.1, -0.05) is 60.7 Å². The molecule has 4 rings (SSSR count). The highest BCUT2D eigenvalue weighted by Crippen LogP contribution is 2.30. The molecule has 0 saturated carbocycles. The maximum absolute atomic E-state index is 12.7. The summed E-state index contributed by atoms with van der Waals surface area (Å²) < 4.78 is 11.0. The van der Waals surface area contributed by atoms with Gasteiger partial charge in [-0.2, -0.15) is 5.10 Å². The highest BCUT2D eigenvalue weighted by Gasteiger charge is 2.28. The average Bonchev–Trinajstić information content (AvgIpc) is 3.41. The highest BCUT2D eigenvalue weighted by molar-refractivity contribution is 6.13. The van der Waals surface area contributed by atoms with E-state index in [2.05, 4.69) is 15.5 Å². The quantitative estimate of drug-likeness (QED) is 0.555. The fraction of sp³-hybridized carbons (Fsp3) is 0.190.